The van der Waals surface area contributed by atoms with Crippen molar-refractivity contribution in [3.8, 4) is 0 Å². The molecule has 1 fully saturated rings. The van der Waals surface area contributed by atoms with Crippen LogP contribution in [0.2, 0.25) is 0 Å². The smallest absolute Gasteiger partial charge is 0.110 e. The summed E-state index contributed by atoms with van der Waals surface area (Å²) in [6.07, 6.45) is 8.37. The second kappa shape index (κ2) is 6.25. The molecular formula is C14H20N3OPS. The molecule has 2 aromatic rings. The number of anilines is 2. The van der Waals surface area contributed by atoms with Gasteiger partial charge in [0.15, 0.2) is 0 Å². The number of aromatic nitrogens is 1. The van der Waals surface area contributed by atoms with Crippen LogP contribution in [0.1, 0.15) is 32.1 Å². The fraction of sp³-hybridized carbons (Fsp3) is 0.500. The van der Waals surface area contributed by atoms with Crippen molar-refractivity contribution in [3.05, 3.63) is 17.6 Å². The molecule has 0 spiro atoms. The van der Waals surface area contributed by atoms with Crippen LogP contribution in [0.25, 0.3) is 10.2 Å². The summed E-state index contributed by atoms with van der Waals surface area (Å²) >= 11 is 1.73. The molecule has 1 aliphatic rings. The summed E-state index contributed by atoms with van der Waals surface area (Å²) in [5.74, 6) is 0. The SMILES string of the molecule is CON(P)c1cnc2ccsc2c1NC1CCCCC1. The van der Waals surface area contributed by atoms with Gasteiger partial charge in [-0.3, -0.25) is 9.82 Å². The summed E-state index contributed by atoms with van der Waals surface area (Å²) in [7, 11) is 4.24. The zero-order valence-electron chi connectivity index (χ0n) is 11.6. The van der Waals surface area contributed by atoms with Crippen molar-refractivity contribution >= 4 is 42.3 Å². The van der Waals surface area contributed by atoms with Crippen molar-refractivity contribution in [1.82, 2.24) is 4.98 Å². The minimum Gasteiger partial charge on any atom is -0.379 e. The molecule has 4 nitrogen and oxygen atoms in total. The molecule has 1 aliphatic carbocycles. The molecule has 1 unspecified atom stereocenters. The molecule has 2 heterocycles. The Morgan fingerprint density at radius 1 is 1.40 bits per heavy atom. The summed E-state index contributed by atoms with van der Waals surface area (Å²) in [5, 5.41) is 5.82. The average molecular weight is 309 g/mol. The number of thiophene rings is 1. The van der Waals surface area contributed by atoms with Gasteiger partial charge in [0.25, 0.3) is 0 Å². The van der Waals surface area contributed by atoms with Crippen LogP contribution in [-0.4, -0.2) is 18.1 Å². The van der Waals surface area contributed by atoms with E-state index in [4.69, 9.17) is 4.84 Å². The number of fused-ring (bicyclic) bond motifs is 1. The van der Waals surface area contributed by atoms with Gasteiger partial charge in [-0.05, 0) is 33.7 Å². The Morgan fingerprint density at radius 3 is 2.95 bits per heavy atom. The first-order chi connectivity index (χ1) is 9.79. The molecule has 0 aromatic carbocycles. The van der Waals surface area contributed by atoms with Crippen LogP contribution in [0.4, 0.5) is 11.4 Å². The maximum Gasteiger partial charge on any atom is 0.110 e. The normalized spacial score (nSPS) is 16.5. The summed E-state index contributed by atoms with van der Waals surface area (Å²) in [6.45, 7) is 0. The number of hydrogen-bond acceptors (Lipinski definition) is 5. The first-order valence-corrected chi connectivity index (χ1v) is 8.41. The zero-order valence-corrected chi connectivity index (χ0v) is 13.6. The van der Waals surface area contributed by atoms with Crippen LogP contribution in [0.3, 0.4) is 0 Å². The van der Waals surface area contributed by atoms with Crippen molar-refractivity contribution in [2.75, 3.05) is 17.3 Å². The quantitative estimate of drug-likeness (QED) is 0.678. The Balaban J connectivity index is 1.97. The van der Waals surface area contributed by atoms with E-state index < -0.39 is 0 Å². The third kappa shape index (κ3) is 2.76. The maximum absolute atomic E-state index is 5.31. The van der Waals surface area contributed by atoms with Crippen molar-refractivity contribution in [2.45, 2.75) is 38.1 Å². The highest BCUT2D eigenvalue weighted by atomic mass is 32.1. The van der Waals surface area contributed by atoms with Gasteiger partial charge >= 0.3 is 0 Å². The molecule has 6 heteroatoms. The van der Waals surface area contributed by atoms with Crippen LogP contribution in [-0.2, 0) is 4.84 Å². The molecule has 0 saturated heterocycles. The number of nitrogens with zero attached hydrogens (tertiary/aromatic N) is 2. The third-order valence-electron chi connectivity index (χ3n) is 3.84. The summed E-state index contributed by atoms with van der Waals surface area (Å²) in [5.41, 5.74) is 3.17. The van der Waals surface area contributed by atoms with Crippen molar-refractivity contribution in [1.29, 1.82) is 0 Å². The van der Waals surface area contributed by atoms with Crippen LogP contribution in [0.5, 0.6) is 0 Å². The lowest BCUT2D eigenvalue weighted by Gasteiger charge is -2.27. The molecule has 0 bridgehead atoms. The second-order valence-corrected chi connectivity index (χ2v) is 6.53. The molecule has 2 aromatic heterocycles. The van der Waals surface area contributed by atoms with Crippen LogP contribution in [0, 0.1) is 0 Å². The molecule has 108 valence electrons. The Bertz CT molecular complexity index is 583. The lowest BCUT2D eigenvalue weighted by molar-refractivity contribution is 0.225. The van der Waals surface area contributed by atoms with E-state index >= 15 is 0 Å². The fourth-order valence-corrected chi connectivity index (χ4v) is 3.81. The van der Waals surface area contributed by atoms with Gasteiger partial charge in [0.1, 0.15) is 5.69 Å². The lowest BCUT2D eigenvalue weighted by Crippen LogP contribution is -2.23. The van der Waals surface area contributed by atoms with E-state index in [0.717, 1.165) is 16.9 Å². The van der Waals surface area contributed by atoms with E-state index in [2.05, 4.69) is 31.1 Å². The molecule has 1 N–H and O–H groups in total. The Labute approximate surface area is 125 Å². The van der Waals surface area contributed by atoms with E-state index in [1.807, 2.05) is 6.20 Å². The first-order valence-electron chi connectivity index (χ1n) is 7.01. The van der Waals surface area contributed by atoms with Gasteiger partial charge < -0.3 is 5.32 Å². The molecule has 0 radical (unpaired) electrons. The monoisotopic (exact) mass is 309 g/mol. The van der Waals surface area contributed by atoms with E-state index in [1.165, 1.54) is 36.8 Å². The summed E-state index contributed by atoms with van der Waals surface area (Å²) < 4.78 is 1.21. The van der Waals surface area contributed by atoms with E-state index in [-0.39, 0.29) is 0 Å². The van der Waals surface area contributed by atoms with E-state index in [9.17, 15) is 0 Å². The Kier molecular flexibility index (Phi) is 4.39. The summed E-state index contributed by atoms with van der Waals surface area (Å²) in [6, 6.07) is 2.63. The predicted molar refractivity (Wildman–Crippen MR) is 89.3 cm³/mol. The van der Waals surface area contributed by atoms with Crippen molar-refractivity contribution < 1.29 is 4.84 Å². The van der Waals surface area contributed by atoms with Crippen molar-refractivity contribution in [3.63, 3.8) is 0 Å². The molecule has 0 amide bonds. The largest absolute Gasteiger partial charge is 0.379 e. The number of nitrogens with one attached hydrogen (secondary N) is 1. The van der Waals surface area contributed by atoms with Gasteiger partial charge in [-0.15, -0.1) is 11.3 Å². The van der Waals surface area contributed by atoms with E-state index in [0.29, 0.717) is 6.04 Å². The Morgan fingerprint density at radius 2 is 2.20 bits per heavy atom. The molecule has 1 saturated carbocycles. The molecule has 0 aliphatic heterocycles. The highest BCUT2D eigenvalue weighted by molar-refractivity contribution is 7.19. The zero-order chi connectivity index (χ0) is 13.9. The molecule has 3 rings (SSSR count). The highest BCUT2D eigenvalue weighted by Crippen LogP contribution is 2.38. The van der Waals surface area contributed by atoms with E-state index in [1.54, 1.807) is 23.3 Å². The molecule has 20 heavy (non-hydrogen) atoms. The maximum atomic E-state index is 5.31. The van der Waals surface area contributed by atoms with Gasteiger partial charge in [0.05, 0.1) is 29.2 Å². The summed E-state index contributed by atoms with van der Waals surface area (Å²) in [4.78, 5) is 11.5. The van der Waals surface area contributed by atoms with Gasteiger partial charge in [-0.25, -0.2) is 4.83 Å². The standard InChI is InChI=1S/C14H20N3OPS/c1-18-17(19)12-9-15-11-7-8-20-14(11)13(12)16-10-5-3-2-4-6-10/h7-10H,2-6,19H2,1H3,(H,15,16). The fourth-order valence-electron chi connectivity index (χ4n) is 2.76. The van der Waals surface area contributed by atoms with Crippen LogP contribution >= 0.6 is 20.7 Å². The predicted octanol–water partition coefficient (Wildman–Crippen LogP) is 4.20. The van der Waals surface area contributed by atoms with Gasteiger partial charge in [0.2, 0.25) is 0 Å². The number of pyridine rings is 1. The number of rotatable bonds is 4. The molecular weight excluding hydrogens is 289 g/mol. The third-order valence-corrected chi connectivity index (χ3v) is 5.25. The Hall–Kier alpha value is -0.900. The average Bonchev–Trinajstić information content (AvgIpc) is 2.97. The van der Waals surface area contributed by atoms with Crippen LogP contribution < -0.4 is 10.2 Å². The van der Waals surface area contributed by atoms with Gasteiger partial charge in [-0.2, -0.15) is 0 Å². The number of hydrogen-bond donors (Lipinski definition) is 1. The molecule has 1 atom stereocenters. The topological polar surface area (TPSA) is 37.4 Å². The minimum atomic E-state index is 0.561. The van der Waals surface area contributed by atoms with Crippen molar-refractivity contribution in [2.24, 2.45) is 0 Å². The van der Waals surface area contributed by atoms with Gasteiger partial charge in [-0.1, -0.05) is 19.3 Å². The first kappa shape index (κ1) is 14.1. The second-order valence-electron chi connectivity index (χ2n) is 5.14. The highest BCUT2D eigenvalue weighted by Gasteiger charge is 2.19. The van der Waals surface area contributed by atoms with Gasteiger partial charge in [0, 0.05) is 6.04 Å². The minimum absolute atomic E-state index is 0.561. The van der Waals surface area contributed by atoms with Crippen LogP contribution in [0.15, 0.2) is 17.6 Å². The lowest BCUT2D eigenvalue weighted by atomic mass is 9.95.